The third-order valence-electron chi connectivity index (χ3n) is 3.60. The van der Waals surface area contributed by atoms with E-state index in [9.17, 15) is 18.4 Å². The molecule has 0 fully saturated rings. The molecule has 2 aromatic carbocycles. The lowest BCUT2D eigenvalue weighted by Gasteiger charge is -2.12. The van der Waals surface area contributed by atoms with Gasteiger partial charge in [-0.25, -0.2) is 4.79 Å². The fourth-order valence-corrected chi connectivity index (χ4v) is 2.29. The van der Waals surface area contributed by atoms with Crippen molar-refractivity contribution in [1.82, 2.24) is 0 Å². The number of ether oxygens (including phenoxy) is 3. The fraction of sp³-hybridized carbons (Fsp3) is 0.238. The molecule has 1 N–H and O–H groups in total. The SMILES string of the molecule is CCOc1cc(/C=C/C(=O)O[C@@H](C)C(=O)Nc2ccccc2)ccc1OC(F)F. The van der Waals surface area contributed by atoms with E-state index < -0.39 is 24.6 Å². The minimum Gasteiger partial charge on any atom is -0.490 e. The van der Waals surface area contributed by atoms with Crippen LogP contribution in [0.15, 0.2) is 54.6 Å². The summed E-state index contributed by atoms with van der Waals surface area (Å²) in [6.45, 7) is 0.429. The first kappa shape index (κ1) is 21.9. The van der Waals surface area contributed by atoms with Gasteiger partial charge in [-0.15, -0.1) is 0 Å². The number of carbonyl (C=O) groups excluding carboxylic acids is 2. The van der Waals surface area contributed by atoms with Crippen LogP contribution in [0.5, 0.6) is 11.5 Å². The minimum absolute atomic E-state index is 0.104. The van der Waals surface area contributed by atoms with E-state index in [0.717, 1.165) is 6.08 Å². The Labute approximate surface area is 167 Å². The topological polar surface area (TPSA) is 73.9 Å². The van der Waals surface area contributed by atoms with Crippen LogP contribution in [0.4, 0.5) is 14.5 Å². The van der Waals surface area contributed by atoms with Crippen LogP contribution in [0.25, 0.3) is 6.08 Å². The molecule has 2 rings (SSSR count). The molecule has 2 aromatic rings. The number of nitrogens with one attached hydrogen (secondary N) is 1. The zero-order valence-corrected chi connectivity index (χ0v) is 15.9. The standard InChI is InChI=1S/C21H21F2NO5/c1-3-27-18-13-15(9-11-17(18)29-21(22)23)10-12-19(25)28-14(2)20(26)24-16-7-5-4-6-8-16/h4-14,21H,3H2,1-2H3,(H,24,26)/b12-10+/t14-/m0/s1. The number of benzene rings is 2. The summed E-state index contributed by atoms with van der Waals surface area (Å²) in [6.07, 6.45) is 1.54. The Balaban J connectivity index is 1.96. The highest BCUT2D eigenvalue weighted by molar-refractivity contribution is 5.96. The van der Waals surface area contributed by atoms with E-state index in [4.69, 9.17) is 9.47 Å². The van der Waals surface area contributed by atoms with Crippen LogP contribution in [0.3, 0.4) is 0 Å². The molecule has 0 saturated carbocycles. The van der Waals surface area contributed by atoms with Gasteiger partial charge in [0, 0.05) is 11.8 Å². The lowest BCUT2D eigenvalue weighted by atomic mass is 10.2. The van der Waals surface area contributed by atoms with Gasteiger partial charge in [0.1, 0.15) is 0 Å². The summed E-state index contributed by atoms with van der Waals surface area (Å²) in [4.78, 5) is 24.0. The van der Waals surface area contributed by atoms with E-state index in [-0.39, 0.29) is 18.1 Å². The average Bonchev–Trinajstić information content (AvgIpc) is 2.68. The first-order valence-corrected chi connectivity index (χ1v) is 8.85. The maximum Gasteiger partial charge on any atom is 0.387 e. The van der Waals surface area contributed by atoms with Gasteiger partial charge in [0.25, 0.3) is 5.91 Å². The van der Waals surface area contributed by atoms with Gasteiger partial charge in [0.05, 0.1) is 6.61 Å². The summed E-state index contributed by atoms with van der Waals surface area (Å²) in [5, 5.41) is 2.63. The Kier molecular flexibility index (Phi) is 8.14. The van der Waals surface area contributed by atoms with Crippen molar-refractivity contribution in [3.05, 3.63) is 60.2 Å². The van der Waals surface area contributed by atoms with Crippen molar-refractivity contribution < 1.29 is 32.6 Å². The number of anilines is 1. The molecule has 6 nitrogen and oxygen atoms in total. The molecule has 0 aliphatic carbocycles. The Morgan fingerprint density at radius 3 is 2.48 bits per heavy atom. The second-order valence-corrected chi connectivity index (χ2v) is 5.79. The first-order valence-electron chi connectivity index (χ1n) is 8.85. The Morgan fingerprint density at radius 2 is 1.83 bits per heavy atom. The van der Waals surface area contributed by atoms with Crippen LogP contribution in [0.1, 0.15) is 19.4 Å². The average molecular weight is 405 g/mol. The van der Waals surface area contributed by atoms with Gasteiger partial charge in [-0.3, -0.25) is 4.79 Å². The number of hydrogen-bond acceptors (Lipinski definition) is 5. The van der Waals surface area contributed by atoms with Crippen molar-refractivity contribution in [2.24, 2.45) is 0 Å². The number of carbonyl (C=O) groups is 2. The monoisotopic (exact) mass is 405 g/mol. The maximum absolute atomic E-state index is 12.4. The number of amides is 1. The molecule has 0 aromatic heterocycles. The van der Waals surface area contributed by atoms with E-state index >= 15 is 0 Å². The molecule has 0 spiro atoms. The Hall–Kier alpha value is -3.42. The zero-order chi connectivity index (χ0) is 21.2. The second-order valence-electron chi connectivity index (χ2n) is 5.79. The summed E-state index contributed by atoms with van der Waals surface area (Å²) in [6, 6.07) is 13.0. The van der Waals surface area contributed by atoms with Crippen LogP contribution in [0, 0.1) is 0 Å². The lowest BCUT2D eigenvalue weighted by molar-refractivity contribution is -0.148. The second kappa shape index (κ2) is 10.8. The molecule has 0 aliphatic rings. The summed E-state index contributed by atoms with van der Waals surface area (Å²) in [7, 11) is 0. The molecule has 0 unspecified atom stereocenters. The van der Waals surface area contributed by atoms with Crippen molar-refractivity contribution in [2.45, 2.75) is 26.6 Å². The molecule has 0 aliphatic heterocycles. The van der Waals surface area contributed by atoms with Crippen molar-refractivity contribution in [1.29, 1.82) is 0 Å². The number of rotatable bonds is 9. The molecule has 1 amide bonds. The van der Waals surface area contributed by atoms with Gasteiger partial charge in [0.15, 0.2) is 17.6 Å². The smallest absolute Gasteiger partial charge is 0.387 e. The molecule has 1 atom stereocenters. The molecule has 8 heteroatoms. The third kappa shape index (κ3) is 7.25. The highest BCUT2D eigenvalue weighted by atomic mass is 19.3. The van der Waals surface area contributed by atoms with E-state index in [0.29, 0.717) is 11.3 Å². The Morgan fingerprint density at radius 1 is 1.10 bits per heavy atom. The first-order chi connectivity index (χ1) is 13.9. The van der Waals surface area contributed by atoms with Crippen molar-refractivity contribution >= 4 is 23.6 Å². The summed E-state index contributed by atoms with van der Waals surface area (Å²) in [5.74, 6) is -1.18. The maximum atomic E-state index is 12.4. The van der Waals surface area contributed by atoms with E-state index in [1.807, 2.05) is 6.07 Å². The predicted molar refractivity (Wildman–Crippen MR) is 104 cm³/mol. The highest BCUT2D eigenvalue weighted by Gasteiger charge is 2.16. The molecule has 0 heterocycles. The number of esters is 1. The van der Waals surface area contributed by atoms with Gasteiger partial charge in [0.2, 0.25) is 0 Å². The minimum atomic E-state index is -2.98. The van der Waals surface area contributed by atoms with Crippen LogP contribution in [0.2, 0.25) is 0 Å². The van der Waals surface area contributed by atoms with Gasteiger partial charge in [-0.05, 0) is 49.8 Å². The van der Waals surface area contributed by atoms with Crippen molar-refractivity contribution in [3.63, 3.8) is 0 Å². The van der Waals surface area contributed by atoms with E-state index in [1.54, 1.807) is 31.2 Å². The molecule has 29 heavy (non-hydrogen) atoms. The molecular formula is C21H21F2NO5. The van der Waals surface area contributed by atoms with Gasteiger partial charge >= 0.3 is 12.6 Å². The van der Waals surface area contributed by atoms with Crippen molar-refractivity contribution in [2.75, 3.05) is 11.9 Å². The van der Waals surface area contributed by atoms with Crippen LogP contribution < -0.4 is 14.8 Å². The molecule has 0 radical (unpaired) electrons. The van der Waals surface area contributed by atoms with Gasteiger partial charge in [-0.1, -0.05) is 24.3 Å². The molecular weight excluding hydrogens is 384 g/mol. The highest BCUT2D eigenvalue weighted by Crippen LogP contribution is 2.30. The van der Waals surface area contributed by atoms with Crippen LogP contribution >= 0.6 is 0 Å². The molecule has 0 saturated heterocycles. The quantitative estimate of drug-likeness (QED) is 0.498. The number of hydrogen-bond donors (Lipinski definition) is 1. The third-order valence-corrected chi connectivity index (χ3v) is 3.60. The lowest BCUT2D eigenvalue weighted by Crippen LogP contribution is -2.29. The zero-order valence-electron chi connectivity index (χ0n) is 15.9. The molecule has 154 valence electrons. The summed E-state index contributed by atoms with van der Waals surface area (Å²) >= 11 is 0. The van der Waals surface area contributed by atoms with E-state index in [1.165, 1.54) is 31.2 Å². The van der Waals surface area contributed by atoms with Crippen LogP contribution in [-0.4, -0.2) is 31.2 Å². The number of para-hydroxylation sites is 1. The normalized spacial score (nSPS) is 11.9. The summed E-state index contributed by atoms with van der Waals surface area (Å²) in [5.41, 5.74) is 1.10. The fourth-order valence-electron chi connectivity index (χ4n) is 2.29. The van der Waals surface area contributed by atoms with Crippen LogP contribution in [-0.2, 0) is 14.3 Å². The number of halogens is 2. The van der Waals surface area contributed by atoms with Gasteiger partial charge < -0.3 is 19.5 Å². The largest absolute Gasteiger partial charge is 0.490 e. The summed E-state index contributed by atoms with van der Waals surface area (Å²) < 4.78 is 39.6. The predicted octanol–water partition coefficient (Wildman–Crippen LogP) is 4.27. The Bertz CT molecular complexity index is 855. The number of alkyl halides is 2. The van der Waals surface area contributed by atoms with Gasteiger partial charge in [-0.2, -0.15) is 8.78 Å². The van der Waals surface area contributed by atoms with Crippen molar-refractivity contribution in [3.8, 4) is 11.5 Å². The van der Waals surface area contributed by atoms with E-state index in [2.05, 4.69) is 10.1 Å². The molecule has 0 bridgehead atoms.